The fraction of sp³-hybridized carbons (Fsp3) is 0.636. The largest absolute Gasteiger partial charge is 0.365 e. The number of hydrogen-bond donors (Lipinski definition) is 3. The lowest BCUT2D eigenvalue weighted by molar-refractivity contribution is 0.360. The second-order valence-electron chi connectivity index (χ2n) is 4.64. The van der Waals surface area contributed by atoms with E-state index in [2.05, 4.69) is 27.6 Å². The van der Waals surface area contributed by atoms with Gasteiger partial charge >= 0.3 is 0 Å². The van der Waals surface area contributed by atoms with Gasteiger partial charge in [-0.25, -0.2) is 15.2 Å². The lowest BCUT2D eigenvalue weighted by atomic mass is 9.87. The summed E-state index contributed by atoms with van der Waals surface area (Å²) in [4.78, 5) is 7.67. The maximum atomic E-state index is 13.5. The maximum absolute atomic E-state index is 13.5. The van der Waals surface area contributed by atoms with Gasteiger partial charge in [0.1, 0.15) is 0 Å². The van der Waals surface area contributed by atoms with Crippen molar-refractivity contribution >= 4 is 11.8 Å². The third kappa shape index (κ3) is 3.03. The van der Waals surface area contributed by atoms with Gasteiger partial charge in [0.15, 0.2) is 11.6 Å². The lowest BCUT2D eigenvalue weighted by Gasteiger charge is -2.27. The van der Waals surface area contributed by atoms with E-state index in [-0.39, 0.29) is 11.8 Å². The van der Waals surface area contributed by atoms with Crippen LogP contribution in [0.4, 0.5) is 16.2 Å². The summed E-state index contributed by atoms with van der Waals surface area (Å²) in [5.41, 5.74) is 2.31. The zero-order chi connectivity index (χ0) is 12.3. The Morgan fingerprint density at radius 1 is 1.35 bits per heavy atom. The molecule has 2 rings (SSSR count). The number of nitrogen functional groups attached to an aromatic ring is 1. The average Bonchev–Trinajstić information content (AvgIpc) is 2.35. The minimum atomic E-state index is -0.442. The predicted octanol–water partition coefficient (Wildman–Crippen LogP) is 1.89. The van der Waals surface area contributed by atoms with Gasteiger partial charge in [0, 0.05) is 6.04 Å². The summed E-state index contributed by atoms with van der Waals surface area (Å²) in [7, 11) is 0. The molecule has 0 amide bonds. The van der Waals surface area contributed by atoms with Gasteiger partial charge in [0.2, 0.25) is 5.95 Å². The third-order valence-electron chi connectivity index (χ3n) is 3.23. The van der Waals surface area contributed by atoms with Crippen molar-refractivity contribution in [3.05, 3.63) is 12.0 Å². The van der Waals surface area contributed by atoms with E-state index >= 15 is 0 Å². The van der Waals surface area contributed by atoms with E-state index in [9.17, 15) is 4.39 Å². The van der Waals surface area contributed by atoms with Gasteiger partial charge in [-0.3, -0.25) is 5.43 Å². The molecule has 0 aromatic carbocycles. The van der Waals surface area contributed by atoms with Crippen LogP contribution in [0.2, 0.25) is 0 Å². The molecule has 1 heterocycles. The number of hydrazine groups is 1. The van der Waals surface area contributed by atoms with Gasteiger partial charge in [-0.2, -0.15) is 4.98 Å². The molecule has 0 bridgehead atoms. The molecule has 0 unspecified atom stereocenters. The number of aromatic nitrogens is 2. The molecule has 4 N–H and O–H groups in total. The van der Waals surface area contributed by atoms with E-state index in [0.717, 1.165) is 25.0 Å². The van der Waals surface area contributed by atoms with Crippen LogP contribution in [0.1, 0.15) is 32.6 Å². The first-order valence-electron chi connectivity index (χ1n) is 5.94. The van der Waals surface area contributed by atoms with Crippen LogP contribution in [0.5, 0.6) is 0 Å². The first-order valence-corrected chi connectivity index (χ1v) is 5.94. The zero-order valence-corrected chi connectivity index (χ0v) is 9.91. The van der Waals surface area contributed by atoms with Crippen LogP contribution in [0.15, 0.2) is 6.20 Å². The summed E-state index contributed by atoms with van der Waals surface area (Å²) in [6.45, 7) is 2.25. The molecule has 1 aliphatic carbocycles. The molecule has 1 fully saturated rings. The molecule has 5 nitrogen and oxygen atoms in total. The van der Waals surface area contributed by atoms with Gasteiger partial charge in [-0.1, -0.05) is 6.92 Å². The highest BCUT2D eigenvalue weighted by molar-refractivity contribution is 5.41. The van der Waals surface area contributed by atoms with Crippen molar-refractivity contribution in [2.75, 3.05) is 10.7 Å². The van der Waals surface area contributed by atoms with Crippen molar-refractivity contribution in [2.45, 2.75) is 38.6 Å². The Balaban J connectivity index is 2.02. The molecule has 0 spiro atoms. The van der Waals surface area contributed by atoms with Gasteiger partial charge in [0.05, 0.1) is 6.20 Å². The summed E-state index contributed by atoms with van der Waals surface area (Å²) in [5.74, 6) is 5.97. The zero-order valence-electron chi connectivity index (χ0n) is 9.91. The van der Waals surface area contributed by atoms with Crippen molar-refractivity contribution in [3.63, 3.8) is 0 Å². The summed E-state index contributed by atoms with van der Waals surface area (Å²) in [5, 5.41) is 3.12. The smallest absolute Gasteiger partial charge is 0.239 e. The fourth-order valence-electron chi connectivity index (χ4n) is 2.14. The van der Waals surface area contributed by atoms with Crippen molar-refractivity contribution in [1.29, 1.82) is 0 Å². The molecular formula is C11H18FN5. The Morgan fingerprint density at radius 2 is 2.06 bits per heavy atom. The normalized spacial score (nSPS) is 24.4. The molecule has 94 valence electrons. The molecule has 1 saturated carbocycles. The fourth-order valence-corrected chi connectivity index (χ4v) is 2.14. The standard InChI is InChI=1S/C11H18FN5/c1-7-2-4-8(5-3-7)15-10-9(12)6-14-11(16-10)17-13/h6-8H,2-5,13H2,1H3,(H2,14,15,16,17). The summed E-state index contributed by atoms with van der Waals surface area (Å²) in [6, 6.07) is 0.293. The van der Waals surface area contributed by atoms with E-state index in [0.29, 0.717) is 6.04 Å². The van der Waals surface area contributed by atoms with E-state index in [1.54, 1.807) is 0 Å². The number of halogens is 1. The SMILES string of the molecule is CC1CCC(Nc2nc(NN)ncc2F)CC1. The summed E-state index contributed by atoms with van der Waals surface area (Å²) in [6.07, 6.45) is 5.57. The first kappa shape index (κ1) is 12.0. The second kappa shape index (κ2) is 5.27. The monoisotopic (exact) mass is 239 g/mol. The van der Waals surface area contributed by atoms with Gasteiger partial charge in [0.25, 0.3) is 0 Å². The van der Waals surface area contributed by atoms with E-state index in [4.69, 9.17) is 5.84 Å². The molecule has 0 radical (unpaired) electrons. The quantitative estimate of drug-likeness (QED) is 0.554. The molecule has 0 aliphatic heterocycles. The molecule has 0 atom stereocenters. The van der Waals surface area contributed by atoms with Crippen molar-refractivity contribution in [1.82, 2.24) is 9.97 Å². The Hall–Kier alpha value is -1.43. The van der Waals surface area contributed by atoms with E-state index < -0.39 is 5.82 Å². The highest BCUT2D eigenvalue weighted by Crippen LogP contribution is 2.26. The Bertz CT molecular complexity index is 376. The number of nitrogens with one attached hydrogen (secondary N) is 2. The lowest BCUT2D eigenvalue weighted by Crippen LogP contribution is -2.26. The van der Waals surface area contributed by atoms with Crippen molar-refractivity contribution < 1.29 is 4.39 Å². The van der Waals surface area contributed by atoms with Crippen LogP contribution < -0.4 is 16.6 Å². The maximum Gasteiger partial charge on any atom is 0.239 e. The summed E-state index contributed by atoms with van der Waals surface area (Å²) < 4.78 is 13.5. The van der Waals surface area contributed by atoms with Crippen molar-refractivity contribution in [3.8, 4) is 0 Å². The van der Waals surface area contributed by atoms with Crippen LogP contribution in [0.25, 0.3) is 0 Å². The average molecular weight is 239 g/mol. The van der Waals surface area contributed by atoms with Crippen LogP contribution in [-0.4, -0.2) is 16.0 Å². The first-order chi connectivity index (χ1) is 8.19. The predicted molar refractivity (Wildman–Crippen MR) is 64.8 cm³/mol. The number of nitrogens with two attached hydrogens (primary N) is 1. The van der Waals surface area contributed by atoms with E-state index in [1.807, 2.05) is 0 Å². The van der Waals surface area contributed by atoms with E-state index in [1.165, 1.54) is 12.8 Å². The number of anilines is 2. The Morgan fingerprint density at radius 3 is 2.71 bits per heavy atom. The molecule has 6 heteroatoms. The van der Waals surface area contributed by atoms with Crippen LogP contribution >= 0.6 is 0 Å². The molecule has 1 aliphatic rings. The Kier molecular flexibility index (Phi) is 3.73. The third-order valence-corrected chi connectivity index (χ3v) is 3.23. The van der Waals surface area contributed by atoms with Crippen LogP contribution in [0.3, 0.4) is 0 Å². The molecule has 17 heavy (non-hydrogen) atoms. The van der Waals surface area contributed by atoms with Crippen molar-refractivity contribution in [2.24, 2.45) is 11.8 Å². The van der Waals surface area contributed by atoms with Crippen LogP contribution in [-0.2, 0) is 0 Å². The molecule has 1 aromatic heterocycles. The second-order valence-corrected chi connectivity index (χ2v) is 4.64. The highest BCUT2D eigenvalue weighted by atomic mass is 19.1. The number of hydrogen-bond acceptors (Lipinski definition) is 5. The van der Waals surface area contributed by atoms with Gasteiger partial charge < -0.3 is 5.32 Å². The van der Waals surface area contributed by atoms with Gasteiger partial charge in [-0.15, -0.1) is 0 Å². The molecule has 0 saturated heterocycles. The molecular weight excluding hydrogens is 221 g/mol. The minimum absolute atomic E-state index is 0.220. The Labute approximate surface area is 100.0 Å². The summed E-state index contributed by atoms with van der Waals surface area (Å²) >= 11 is 0. The molecule has 1 aromatic rings. The number of nitrogens with zero attached hydrogens (tertiary/aromatic N) is 2. The van der Waals surface area contributed by atoms with Crippen LogP contribution in [0, 0.1) is 11.7 Å². The number of rotatable bonds is 3. The topological polar surface area (TPSA) is 75.9 Å². The highest BCUT2D eigenvalue weighted by Gasteiger charge is 2.19. The van der Waals surface area contributed by atoms with Gasteiger partial charge in [-0.05, 0) is 31.6 Å². The minimum Gasteiger partial charge on any atom is -0.365 e.